The van der Waals surface area contributed by atoms with E-state index >= 15 is 0 Å². The van der Waals surface area contributed by atoms with Crippen molar-refractivity contribution >= 4 is 22.8 Å². The SMILES string of the molecule is O=C(/C=C/c1ccco1)NCc1nn(Cc2ccccn2)c(=O)c2ccccc12. The third-order valence-electron chi connectivity index (χ3n) is 4.35. The molecule has 0 saturated heterocycles. The van der Waals surface area contributed by atoms with Crippen molar-refractivity contribution in [2.75, 3.05) is 0 Å². The summed E-state index contributed by atoms with van der Waals surface area (Å²) in [6.45, 7) is 0.439. The maximum absolute atomic E-state index is 12.8. The molecule has 4 aromatic rings. The lowest BCUT2D eigenvalue weighted by Gasteiger charge is -2.11. The molecule has 1 amide bonds. The average molecular weight is 386 g/mol. The third kappa shape index (κ3) is 4.30. The highest BCUT2D eigenvalue weighted by atomic mass is 16.3. The number of fused-ring (bicyclic) bond motifs is 1. The highest BCUT2D eigenvalue weighted by Crippen LogP contribution is 2.13. The molecule has 0 unspecified atom stereocenters. The predicted molar refractivity (Wildman–Crippen MR) is 109 cm³/mol. The van der Waals surface area contributed by atoms with E-state index in [1.165, 1.54) is 10.8 Å². The summed E-state index contributed by atoms with van der Waals surface area (Å²) >= 11 is 0. The van der Waals surface area contributed by atoms with Gasteiger partial charge >= 0.3 is 0 Å². The number of hydrogen-bond acceptors (Lipinski definition) is 5. The van der Waals surface area contributed by atoms with Crippen LogP contribution in [0.25, 0.3) is 16.8 Å². The van der Waals surface area contributed by atoms with Crippen LogP contribution in [0.4, 0.5) is 0 Å². The van der Waals surface area contributed by atoms with Gasteiger partial charge in [-0.25, -0.2) is 4.68 Å². The van der Waals surface area contributed by atoms with Crippen molar-refractivity contribution in [3.05, 3.63) is 101 Å². The maximum Gasteiger partial charge on any atom is 0.275 e. The lowest BCUT2D eigenvalue weighted by molar-refractivity contribution is -0.116. The minimum Gasteiger partial charge on any atom is -0.465 e. The van der Waals surface area contributed by atoms with Gasteiger partial charge in [-0.2, -0.15) is 5.10 Å². The molecule has 3 aromatic heterocycles. The Bertz CT molecular complexity index is 1210. The third-order valence-corrected chi connectivity index (χ3v) is 4.35. The van der Waals surface area contributed by atoms with Crippen molar-refractivity contribution in [3.8, 4) is 0 Å². The summed E-state index contributed by atoms with van der Waals surface area (Å²) in [6.07, 6.45) is 6.19. The van der Waals surface area contributed by atoms with Crippen LogP contribution >= 0.6 is 0 Å². The predicted octanol–water partition coefficient (Wildman–Crippen LogP) is 2.76. The van der Waals surface area contributed by atoms with E-state index in [1.807, 2.05) is 36.4 Å². The van der Waals surface area contributed by atoms with E-state index in [9.17, 15) is 9.59 Å². The second kappa shape index (κ2) is 8.35. The molecule has 1 N–H and O–H groups in total. The Hall–Kier alpha value is -4.00. The van der Waals surface area contributed by atoms with Crippen molar-refractivity contribution in [1.82, 2.24) is 20.1 Å². The smallest absolute Gasteiger partial charge is 0.275 e. The minimum absolute atomic E-state index is 0.185. The van der Waals surface area contributed by atoms with Gasteiger partial charge in [0.15, 0.2) is 0 Å². The van der Waals surface area contributed by atoms with E-state index in [2.05, 4.69) is 15.4 Å². The first kappa shape index (κ1) is 18.4. The van der Waals surface area contributed by atoms with E-state index < -0.39 is 0 Å². The summed E-state index contributed by atoms with van der Waals surface area (Å²) < 4.78 is 6.55. The molecule has 0 aliphatic rings. The quantitative estimate of drug-likeness (QED) is 0.515. The number of rotatable bonds is 6. The Kier molecular flexibility index (Phi) is 5.29. The number of furan rings is 1. The Morgan fingerprint density at radius 3 is 2.66 bits per heavy atom. The zero-order valence-corrected chi connectivity index (χ0v) is 15.5. The largest absolute Gasteiger partial charge is 0.465 e. The fourth-order valence-corrected chi connectivity index (χ4v) is 2.96. The molecule has 1 aromatic carbocycles. The molecule has 0 radical (unpaired) electrons. The molecule has 144 valence electrons. The van der Waals surface area contributed by atoms with Gasteiger partial charge in [-0.15, -0.1) is 0 Å². The van der Waals surface area contributed by atoms with Crippen LogP contribution in [-0.4, -0.2) is 20.7 Å². The fraction of sp³-hybridized carbons (Fsp3) is 0.0909. The molecule has 0 atom stereocenters. The van der Waals surface area contributed by atoms with E-state index in [1.54, 1.807) is 36.7 Å². The van der Waals surface area contributed by atoms with Gasteiger partial charge < -0.3 is 9.73 Å². The normalized spacial score (nSPS) is 11.2. The van der Waals surface area contributed by atoms with Crippen LogP contribution in [0, 0.1) is 0 Å². The van der Waals surface area contributed by atoms with E-state index in [4.69, 9.17) is 4.42 Å². The number of pyridine rings is 1. The van der Waals surface area contributed by atoms with Crippen LogP contribution in [0.15, 0.2) is 82.3 Å². The van der Waals surface area contributed by atoms with Crippen molar-refractivity contribution in [2.24, 2.45) is 0 Å². The Labute approximate surface area is 166 Å². The number of carbonyl (C=O) groups is 1. The number of amides is 1. The number of carbonyl (C=O) groups excluding carboxylic acids is 1. The molecular weight excluding hydrogens is 368 g/mol. The average Bonchev–Trinajstić information content (AvgIpc) is 3.28. The monoisotopic (exact) mass is 386 g/mol. The van der Waals surface area contributed by atoms with Crippen molar-refractivity contribution in [3.63, 3.8) is 0 Å². The van der Waals surface area contributed by atoms with Gasteiger partial charge in [0.2, 0.25) is 5.91 Å². The Balaban J connectivity index is 1.60. The molecule has 7 heteroatoms. The molecule has 0 aliphatic heterocycles. The summed E-state index contributed by atoms with van der Waals surface area (Å²) in [6, 6.07) is 16.3. The lowest BCUT2D eigenvalue weighted by atomic mass is 10.1. The summed E-state index contributed by atoms with van der Waals surface area (Å²) in [5, 5.41) is 8.55. The fourth-order valence-electron chi connectivity index (χ4n) is 2.96. The molecule has 0 fully saturated rings. The van der Waals surface area contributed by atoms with E-state index in [0.29, 0.717) is 22.2 Å². The lowest BCUT2D eigenvalue weighted by Crippen LogP contribution is -2.28. The first-order chi connectivity index (χ1) is 14.2. The van der Waals surface area contributed by atoms with Crippen LogP contribution in [-0.2, 0) is 17.9 Å². The van der Waals surface area contributed by atoms with Crippen molar-refractivity contribution < 1.29 is 9.21 Å². The van der Waals surface area contributed by atoms with Crippen LogP contribution in [0.5, 0.6) is 0 Å². The molecule has 7 nitrogen and oxygen atoms in total. The molecule has 29 heavy (non-hydrogen) atoms. The number of nitrogens with zero attached hydrogens (tertiary/aromatic N) is 3. The molecule has 3 heterocycles. The molecule has 4 rings (SSSR count). The van der Waals surface area contributed by atoms with Crippen molar-refractivity contribution in [1.29, 1.82) is 0 Å². The second-order valence-electron chi connectivity index (χ2n) is 6.34. The first-order valence-electron chi connectivity index (χ1n) is 9.09. The number of nitrogens with one attached hydrogen (secondary N) is 1. The summed E-state index contributed by atoms with van der Waals surface area (Å²) in [4.78, 5) is 29.2. The van der Waals surface area contributed by atoms with Gasteiger partial charge in [-0.1, -0.05) is 24.3 Å². The van der Waals surface area contributed by atoms with Crippen LogP contribution in [0.1, 0.15) is 17.1 Å². The highest BCUT2D eigenvalue weighted by Gasteiger charge is 2.11. The summed E-state index contributed by atoms with van der Waals surface area (Å²) in [5.41, 5.74) is 1.14. The topological polar surface area (TPSA) is 90.0 Å². The van der Waals surface area contributed by atoms with Crippen LogP contribution in [0.2, 0.25) is 0 Å². The Morgan fingerprint density at radius 2 is 1.90 bits per heavy atom. The van der Waals surface area contributed by atoms with E-state index in [0.717, 1.165) is 5.69 Å². The van der Waals surface area contributed by atoms with Crippen LogP contribution < -0.4 is 10.9 Å². The van der Waals surface area contributed by atoms with Gasteiger partial charge in [0, 0.05) is 17.7 Å². The Morgan fingerprint density at radius 1 is 1.07 bits per heavy atom. The minimum atomic E-state index is -0.283. The molecule has 0 spiro atoms. The van der Waals surface area contributed by atoms with Gasteiger partial charge in [0.25, 0.3) is 5.56 Å². The second-order valence-corrected chi connectivity index (χ2v) is 6.34. The van der Waals surface area contributed by atoms with Gasteiger partial charge in [0.1, 0.15) is 5.76 Å². The molecular formula is C22H18N4O3. The maximum atomic E-state index is 12.8. The molecule has 0 bridgehead atoms. The summed E-state index contributed by atoms with van der Waals surface area (Å²) in [5.74, 6) is 0.308. The van der Waals surface area contributed by atoms with Gasteiger partial charge in [-0.05, 0) is 36.4 Å². The number of hydrogen-bond donors (Lipinski definition) is 1. The first-order valence-corrected chi connectivity index (χ1v) is 9.09. The van der Waals surface area contributed by atoms with Gasteiger partial charge in [-0.3, -0.25) is 14.6 Å². The summed E-state index contributed by atoms with van der Waals surface area (Å²) in [7, 11) is 0. The van der Waals surface area contributed by atoms with Crippen molar-refractivity contribution in [2.45, 2.75) is 13.1 Å². The van der Waals surface area contributed by atoms with Crippen LogP contribution in [0.3, 0.4) is 0 Å². The molecule has 0 saturated carbocycles. The number of benzene rings is 1. The number of aromatic nitrogens is 3. The van der Waals surface area contributed by atoms with Gasteiger partial charge in [0.05, 0.1) is 36.1 Å². The highest BCUT2D eigenvalue weighted by molar-refractivity contribution is 5.91. The zero-order valence-electron chi connectivity index (χ0n) is 15.5. The standard InChI is InChI=1S/C22H18N4O3/c27-21(11-10-17-7-5-13-29-17)24-14-20-18-8-1-2-9-19(18)22(28)26(25-20)15-16-6-3-4-12-23-16/h1-13H,14-15H2,(H,24,27)/b11-10+. The zero-order chi connectivity index (χ0) is 20.1. The van der Waals surface area contributed by atoms with E-state index in [-0.39, 0.29) is 24.6 Å². The molecule has 0 aliphatic carbocycles.